The average molecular weight is 511 g/mol. The molecule has 1 aliphatic carbocycles. The molecule has 0 heterocycles. The van der Waals surface area contributed by atoms with Crippen molar-refractivity contribution in [3.8, 4) is 0 Å². The first-order chi connectivity index (χ1) is 18.0. The highest BCUT2D eigenvalue weighted by Crippen LogP contribution is 2.36. The Morgan fingerprint density at radius 1 is 0.703 bits per heavy atom. The third-order valence-electron chi connectivity index (χ3n) is 6.94. The molecule has 5 rings (SSSR count). The molecule has 1 fully saturated rings. The number of rotatable bonds is 6. The molecular weight excluding hydrogens is 467 g/mol. The number of hydrogen-bond donors (Lipinski definition) is 0. The van der Waals surface area contributed by atoms with Gasteiger partial charge < -0.3 is 4.74 Å². The summed E-state index contributed by atoms with van der Waals surface area (Å²) in [5.74, 6) is 1.18. The van der Waals surface area contributed by atoms with Crippen LogP contribution < -0.4 is 0 Å². The minimum atomic E-state index is 0.304. The van der Waals surface area contributed by atoms with Gasteiger partial charge in [0.05, 0.1) is 6.10 Å². The lowest BCUT2D eigenvalue weighted by Gasteiger charge is -2.25. The van der Waals surface area contributed by atoms with Crippen LogP contribution in [0.15, 0.2) is 109 Å². The summed E-state index contributed by atoms with van der Waals surface area (Å²) in [5, 5.41) is 0. The smallest absolute Gasteiger partial charge is 0.0515 e. The lowest BCUT2D eigenvalue weighted by Crippen LogP contribution is -2.08. The van der Waals surface area contributed by atoms with Crippen molar-refractivity contribution in [1.82, 2.24) is 0 Å². The van der Waals surface area contributed by atoms with Crippen LogP contribution in [0.4, 0.5) is 0 Å². The maximum absolute atomic E-state index is 4.75. The standard InChI is InChI=1S/C20H18.C11H15P.C4H10O/c1-16-12-14-19(15-13-16)20(17-8-4-2-5-9-17)18-10-6-3-7-11-18;12-8-9-4-6-11(7-5-9)10-2-1-3-10;1-4(2)5-3/h2-15,20H,1H3;4-7,10H,1-3,8,12H2;4H,1-3H3. The van der Waals surface area contributed by atoms with Crippen molar-refractivity contribution in [3.05, 3.63) is 143 Å². The lowest BCUT2D eigenvalue weighted by atomic mass is 9.80. The van der Waals surface area contributed by atoms with Gasteiger partial charge in [0.2, 0.25) is 0 Å². The molecule has 1 unspecified atom stereocenters. The van der Waals surface area contributed by atoms with E-state index in [1.54, 1.807) is 12.7 Å². The van der Waals surface area contributed by atoms with E-state index >= 15 is 0 Å². The number of ether oxygens (including phenoxy) is 1. The second-order valence-electron chi connectivity index (χ2n) is 10.0. The van der Waals surface area contributed by atoms with Crippen molar-refractivity contribution in [2.24, 2.45) is 0 Å². The van der Waals surface area contributed by atoms with Gasteiger partial charge in [-0.1, -0.05) is 121 Å². The second-order valence-corrected chi connectivity index (χ2v) is 10.4. The van der Waals surface area contributed by atoms with Crippen LogP contribution in [0.2, 0.25) is 0 Å². The van der Waals surface area contributed by atoms with Gasteiger partial charge in [0.25, 0.3) is 0 Å². The Hall–Kier alpha value is -2.73. The predicted octanol–water partition coefficient (Wildman–Crippen LogP) is 9.55. The summed E-state index contributed by atoms with van der Waals surface area (Å²) in [6, 6.07) is 39.3. The van der Waals surface area contributed by atoms with E-state index in [4.69, 9.17) is 4.74 Å². The van der Waals surface area contributed by atoms with Gasteiger partial charge in [-0.05, 0) is 73.5 Å². The largest absolute Gasteiger partial charge is 0.382 e. The van der Waals surface area contributed by atoms with Gasteiger partial charge in [0, 0.05) is 13.0 Å². The molecule has 4 aromatic carbocycles. The zero-order valence-corrected chi connectivity index (χ0v) is 24.1. The van der Waals surface area contributed by atoms with Gasteiger partial charge in [-0.2, -0.15) is 0 Å². The van der Waals surface area contributed by atoms with Gasteiger partial charge in [0.1, 0.15) is 0 Å². The van der Waals surface area contributed by atoms with E-state index in [1.165, 1.54) is 47.1 Å². The zero-order chi connectivity index (χ0) is 26.5. The molecule has 2 heteroatoms. The van der Waals surface area contributed by atoms with Crippen LogP contribution in [-0.2, 0) is 10.9 Å². The Balaban J connectivity index is 0.000000189. The molecule has 1 saturated carbocycles. The Bertz CT molecular complexity index is 1090. The summed E-state index contributed by atoms with van der Waals surface area (Å²) in [6.45, 7) is 6.13. The summed E-state index contributed by atoms with van der Waals surface area (Å²) in [4.78, 5) is 0. The summed E-state index contributed by atoms with van der Waals surface area (Å²) in [5.41, 5.74) is 8.28. The summed E-state index contributed by atoms with van der Waals surface area (Å²) in [6.07, 6.45) is 5.69. The van der Waals surface area contributed by atoms with Gasteiger partial charge in [-0.15, -0.1) is 9.24 Å². The third-order valence-corrected chi connectivity index (χ3v) is 7.41. The highest BCUT2D eigenvalue weighted by atomic mass is 31.0. The quantitative estimate of drug-likeness (QED) is 0.185. The predicted molar refractivity (Wildman–Crippen MR) is 164 cm³/mol. The minimum Gasteiger partial charge on any atom is -0.382 e. The summed E-state index contributed by atoms with van der Waals surface area (Å²) >= 11 is 0. The van der Waals surface area contributed by atoms with Gasteiger partial charge >= 0.3 is 0 Å². The van der Waals surface area contributed by atoms with E-state index in [0.29, 0.717) is 12.0 Å². The fourth-order valence-corrected chi connectivity index (χ4v) is 4.57. The molecule has 194 valence electrons. The maximum Gasteiger partial charge on any atom is 0.0515 e. The fourth-order valence-electron chi connectivity index (χ4n) is 4.29. The van der Waals surface area contributed by atoms with Crippen molar-refractivity contribution in [2.75, 3.05) is 7.11 Å². The SMILES string of the molecule is COC(C)C.Cc1ccc(C(c2ccccc2)c2ccccc2)cc1.PCc1ccc(C2CCC2)cc1. The normalized spacial score (nSPS) is 12.7. The molecule has 37 heavy (non-hydrogen) atoms. The van der Waals surface area contributed by atoms with Crippen molar-refractivity contribution < 1.29 is 4.74 Å². The van der Waals surface area contributed by atoms with Crippen LogP contribution >= 0.6 is 9.24 Å². The van der Waals surface area contributed by atoms with Crippen LogP contribution in [0.3, 0.4) is 0 Å². The molecule has 1 aliphatic rings. The maximum atomic E-state index is 4.75. The molecule has 0 amide bonds. The van der Waals surface area contributed by atoms with Crippen molar-refractivity contribution >= 4 is 9.24 Å². The highest BCUT2D eigenvalue weighted by Gasteiger charge is 2.18. The van der Waals surface area contributed by atoms with E-state index in [0.717, 1.165) is 12.1 Å². The first-order valence-corrected chi connectivity index (χ1v) is 14.3. The molecule has 0 aliphatic heterocycles. The van der Waals surface area contributed by atoms with Crippen LogP contribution in [-0.4, -0.2) is 13.2 Å². The second kappa shape index (κ2) is 15.5. The highest BCUT2D eigenvalue weighted by molar-refractivity contribution is 7.15. The molecule has 0 spiro atoms. The third kappa shape index (κ3) is 9.26. The lowest BCUT2D eigenvalue weighted by molar-refractivity contribution is 0.134. The zero-order valence-electron chi connectivity index (χ0n) is 22.9. The van der Waals surface area contributed by atoms with E-state index in [9.17, 15) is 0 Å². The van der Waals surface area contributed by atoms with E-state index < -0.39 is 0 Å². The molecule has 0 radical (unpaired) electrons. The van der Waals surface area contributed by atoms with Gasteiger partial charge in [0.15, 0.2) is 0 Å². The Labute approximate surface area is 227 Å². The Kier molecular flexibility index (Phi) is 12.1. The van der Waals surface area contributed by atoms with Gasteiger partial charge in [-0.25, -0.2) is 0 Å². The minimum absolute atomic E-state index is 0.304. The summed E-state index contributed by atoms with van der Waals surface area (Å²) < 4.78 is 4.75. The number of benzene rings is 4. The van der Waals surface area contributed by atoms with E-state index in [1.807, 2.05) is 13.8 Å². The molecule has 0 bridgehead atoms. The molecule has 0 saturated heterocycles. The first kappa shape index (κ1) is 28.8. The molecule has 1 nitrogen and oxygen atoms in total. The number of hydrogen-bond acceptors (Lipinski definition) is 1. The topological polar surface area (TPSA) is 9.23 Å². The average Bonchev–Trinajstić information content (AvgIpc) is 2.91. The van der Waals surface area contributed by atoms with Crippen molar-refractivity contribution in [2.45, 2.75) is 64.1 Å². The molecule has 4 aromatic rings. The molecule has 1 atom stereocenters. The van der Waals surface area contributed by atoms with Crippen molar-refractivity contribution in [1.29, 1.82) is 0 Å². The molecular formula is C35H43OP. The monoisotopic (exact) mass is 510 g/mol. The fraction of sp³-hybridized carbons (Fsp3) is 0.314. The summed E-state index contributed by atoms with van der Waals surface area (Å²) in [7, 11) is 4.46. The molecule has 0 aromatic heterocycles. The van der Waals surface area contributed by atoms with Crippen LogP contribution in [0, 0.1) is 6.92 Å². The van der Waals surface area contributed by atoms with Gasteiger partial charge in [-0.3, -0.25) is 0 Å². The van der Waals surface area contributed by atoms with E-state index in [-0.39, 0.29) is 0 Å². The van der Waals surface area contributed by atoms with E-state index in [2.05, 4.69) is 125 Å². The van der Waals surface area contributed by atoms with Crippen LogP contribution in [0.25, 0.3) is 0 Å². The molecule has 0 N–H and O–H groups in total. The van der Waals surface area contributed by atoms with Crippen molar-refractivity contribution in [3.63, 3.8) is 0 Å². The first-order valence-electron chi connectivity index (χ1n) is 13.5. The number of aryl methyl sites for hydroxylation is 1. The Morgan fingerprint density at radius 3 is 1.54 bits per heavy atom. The Morgan fingerprint density at radius 2 is 1.16 bits per heavy atom. The van der Waals surface area contributed by atoms with Crippen LogP contribution in [0.1, 0.15) is 78.3 Å². The number of methoxy groups -OCH3 is 1. The van der Waals surface area contributed by atoms with Crippen LogP contribution in [0.5, 0.6) is 0 Å².